The van der Waals surface area contributed by atoms with Crippen molar-refractivity contribution in [3.63, 3.8) is 0 Å². The average Bonchev–Trinajstić information content (AvgIpc) is 3.36. The number of piperidine rings is 1. The van der Waals surface area contributed by atoms with Gasteiger partial charge in [-0.3, -0.25) is 4.79 Å². The van der Waals surface area contributed by atoms with Crippen LogP contribution in [0.5, 0.6) is 0 Å². The zero-order valence-corrected chi connectivity index (χ0v) is 15.1. The number of carbonyl (C=O) groups excluding carboxylic acids is 1. The van der Waals surface area contributed by atoms with Crippen LogP contribution in [0.3, 0.4) is 0 Å². The molecule has 1 amide bonds. The number of nitrogens with zero attached hydrogens (tertiary/aromatic N) is 1. The number of amides is 1. The van der Waals surface area contributed by atoms with Gasteiger partial charge in [-0.25, -0.2) is 9.59 Å². The van der Waals surface area contributed by atoms with Gasteiger partial charge in [0, 0.05) is 36.8 Å². The second-order valence-electron chi connectivity index (χ2n) is 7.24. The number of hydrogen-bond acceptors (Lipinski definition) is 4. The molecule has 0 spiro atoms. The van der Waals surface area contributed by atoms with Crippen LogP contribution in [0.4, 0.5) is 0 Å². The van der Waals surface area contributed by atoms with Crippen LogP contribution >= 0.6 is 0 Å². The molecule has 1 aromatic rings. The summed E-state index contributed by atoms with van der Waals surface area (Å²) in [5.41, 5.74) is 3.66. The second kappa shape index (κ2) is 8.35. The topological polar surface area (TPSA) is 107 Å². The Kier molecular flexibility index (Phi) is 5.91. The van der Waals surface area contributed by atoms with Crippen LogP contribution in [0.15, 0.2) is 30.4 Å². The molecular weight excluding hydrogens is 348 g/mol. The molecule has 1 aliphatic carbocycles. The van der Waals surface area contributed by atoms with Crippen LogP contribution in [0.25, 0.3) is 0 Å². The second-order valence-corrected chi connectivity index (χ2v) is 7.24. The number of rotatable bonds is 4. The van der Waals surface area contributed by atoms with E-state index in [1.54, 1.807) is 0 Å². The predicted octanol–water partition coefficient (Wildman–Crippen LogP) is 1.32. The molecule has 2 aliphatic heterocycles. The van der Waals surface area contributed by atoms with Crippen LogP contribution in [0, 0.1) is 5.92 Å². The number of carboxylic acids is 2. The largest absolute Gasteiger partial charge is 0.478 e. The highest BCUT2D eigenvalue weighted by molar-refractivity contribution is 5.94. The molecule has 0 saturated carbocycles. The fraction of sp³-hybridized carbons (Fsp3) is 0.450. The number of benzene rings is 1. The minimum Gasteiger partial charge on any atom is -0.478 e. The summed E-state index contributed by atoms with van der Waals surface area (Å²) in [5.74, 6) is -1.72. The van der Waals surface area contributed by atoms with E-state index < -0.39 is 11.9 Å². The predicted molar refractivity (Wildman–Crippen MR) is 98.7 cm³/mol. The van der Waals surface area contributed by atoms with Gasteiger partial charge in [0.05, 0.1) is 0 Å². The normalized spacial score (nSPS) is 25.0. The van der Waals surface area contributed by atoms with Crippen LogP contribution in [0.1, 0.15) is 34.3 Å². The van der Waals surface area contributed by atoms with Crippen LogP contribution in [-0.4, -0.2) is 58.6 Å². The van der Waals surface area contributed by atoms with E-state index in [4.69, 9.17) is 10.2 Å². The van der Waals surface area contributed by atoms with Crippen molar-refractivity contribution in [2.75, 3.05) is 19.6 Å². The van der Waals surface area contributed by atoms with Gasteiger partial charge in [-0.15, -0.1) is 0 Å². The van der Waals surface area contributed by atoms with E-state index in [1.165, 1.54) is 43.5 Å². The highest BCUT2D eigenvalue weighted by Gasteiger charge is 2.38. The number of fused-ring (bicyclic) bond motifs is 3. The lowest BCUT2D eigenvalue weighted by atomic mass is 9.99. The molecule has 2 heterocycles. The van der Waals surface area contributed by atoms with Gasteiger partial charge in [0.25, 0.3) is 5.91 Å². The first-order valence-corrected chi connectivity index (χ1v) is 9.21. The van der Waals surface area contributed by atoms with Crippen LogP contribution in [-0.2, 0) is 22.4 Å². The Morgan fingerprint density at radius 2 is 1.74 bits per heavy atom. The summed E-state index contributed by atoms with van der Waals surface area (Å²) < 4.78 is 0. The Bertz CT molecular complexity index is 758. The SMILES string of the molecule is O=C(NC1CN2CC[C@H]1C2)c1ccc2c(c1)CCC2.O=C(O)/C=C/C(=O)O. The minimum atomic E-state index is -1.26. The molecule has 4 rings (SSSR count). The lowest BCUT2D eigenvalue weighted by Gasteiger charge is -2.23. The molecule has 3 atom stereocenters. The zero-order chi connectivity index (χ0) is 19.4. The molecule has 7 heteroatoms. The molecule has 2 unspecified atom stereocenters. The third-order valence-corrected chi connectivity index (χ3v) is 5.38. The number of nitrogens with one attached hydrogen (secondary N) is 1. The molecule has 2 saturated heterocycles. The smallest absolute Gasteiger partial charge is 0.328 e. The molecular formula is C20H24N2O5. The van der Waals surface area contributed by atoms with Crippen molar-refractivity contribution < 1.29 is 24.6 Å². The van der Waals surface area contributed by atoms with E-state index in [0.29, 0.717) is 24.1 Å². The summed E-state index contributed by atoms with van der Waals surface area (Å²) in [6, 6.07) is 6.61. The van der Waals surface area contributed by atoms with Crippen LogP contribution in [0.2, 0.25) is 0 Å². The molecule has 3 N–H and O–H groups in total. The molecule has 2 bridgehead atoms. The van der Waals surface area contributed by atoms with Gasteiger partial charge in [-0.1, -0.05) is 6.07 Å². The lowest BCUT2D eigenvalue weighted by molar-refractivity contribution is -0.134. The Hall–Kier alpha value is -2.67. The average molecular weight is 372 g/mol. The monoisotopic (exact) mass is 372 g/mol. The maximum Gasteiger partial charge on any atom is 0.328 e. The van der Waals surface area contributed by atoms with Crippen molar-refractivity contribution in [2.24, 2.45) is 5.92 Å². The van der Waals surface area contributed by atoms with E-state index in [-0.39, 0.29) is 5.91 Å². The Balaban J connectivity index is 0.000000226. The quantitative estimate of drug-likeness (QED) is 0.688. The van der Waals surface area contributed by atoms with Crippen molar-refractivity contribution in [1.29, 1.82) is 0 Å². The number of carbonyl (C=O) groups is 3. The number of hydrogen-bond donors (Lipinski definition) is 3. The van der Waals surface area contributed by atoms with Gasteiger partial charge < -0.3 is 20.4 Å². The van der Waals surface area contributed by atoms with Gasteiger partial charge in [0.15, 0.2) is 0 Å². The van der Waals surface area contributed by atoms with Crippen LogP contribution < -0.4 is 5.32 Å². The van der Waals surface area contributed by atoms with E-state index in [0.717, 1.165) is 18.5 Å². The maximum atomic E-state index is 12.3. The van der Waals surface area contributed by atoms with E-state index >= 15 is 0 Å². The molecule has 0 radical (unpaired) electrons. The zero-order valence-electron chi connectivity index (χ0n) is 15.1. The molecule has 7 nitrogen and oxygen atoms in total. The molecule has 144 valence electrons. The van der Waals surface area contributed by atoms with Crippen molar-refractivity contribution in [2.45, 2.75) is 31.7 Å². The third-order valence-electron chi connectivity index (χ3n) is 5.38. The van der Waals surface area contributed by atoms with E-state index in [9.17, 15) is 14.4 Å². The number of carboxylic acid groups (broad SMARTS) is 2. The summed E-state index contributed by atoms with van der Waals surface area (Å²) in [7, 11) is 0. The molecule has 2 fully saturated rings. The maximum absolute atomic E-state index is 12.3. The fourth-order valence-electron chi connectivity index (χ4n) is 4.05. The van der Waals surface area contributed by atoms with Gasteiger partial charge >= 0.3 is 11.9 Å². The fourth-order valence-corrected chi connectivity index (χ4v) is 4.05. The summed E-state index contributed by atoms with van der Waals surface area (Å²) in [6.45, 7) is 3.44. The van der Waals surface area contributed by atoms with Gasteiger partial charge in [0.2, 0.25) is 0 Å². The van der Waals surface area contributed by atoms with Crippen molar-refractivity contribution in [3.8, 4) is 0 Å². The lowest BCUT2D eigenvalue weighted by Crippen LogP contribution is -2.43. The Labute approximate surface area is 157 Å². The first kappa shape index (κ1) is 19.1. The Morgan fingerprint density at radius 1 is 1.04 bits per heavy atom. The molecule has 0 aromatic heterocycles. The standard InChI is InChI=1S/C16H20N2O.C4H4O4/c19-16(17-15-10-18-7-6-14(15)9-18)13-5-4-11-2-1-3-12(11)8-13;5-3(6)1-2-4(7)8/h4-5,8,14-15H,1-3,6-7,9-10H2,(H,17,19);1-2H,(H,5,6)(H,7,8)/b;2-1+/t14-,15?;/m0./s1. The Morgan fingerprint density at radius 3 is 2.33 bits per heavy atom. The van der Waals surface area contributed by atoms with Gasteiger partial charge in [0.1, 0.15) is 0 Å². The highest BCUT2D eigenvalue weighted by atomic mass is 16.4. The first-order chi connectivity index (χ1) is 12.9. The van der Waals surface area contributed by atoms with Crippen molar-refractivity contribution in [1.82, 2.24) is 10.2 Å². The van der Waals surface area contributed by atoms with Gasteiger partial charge in [-0.05, 0) is 61.4 Å². The van der Waals surface area contributed by atoms with Crippen molar-refractivity contribution in [3.05, 3.63) is 47.0 Å². The molecule has 27 heavy (non-hydrogen) atoms. The van der Waals surface area contributed by atoms with Crippen molar-refractivity contribution >= 4 is 17.8 Å². The molecule has 3 aliphatic rings. The summed E-state index contributed by atoms with van der Waals surface area (Å²) >= 11 is 0. The highest BCUT2D eigenvalue weighted by Crippen LogP contribution is 2.28. The van der Waals surface area contributed by atoms with E-state index in [2.05, 4.69) is 22.3 Å². The molecule has 1 aromatic carbocycles. The minimum absolute atomic E-state index is 0.119. The number of aliphatic carboxylic acids is 2. The summed E-state index contributed by atoms with van der Waals surface area (Å²) in [6.07, 6.45) is 5.91. The summed E-state index contributed by atoms with van der Waals surface area (Å²) in [4.78, 5) is 33.9. The third kappa shape index (κ3) is 4.95. The summed E-state index contributed by atoms with van der Waals surface area (Å²) in [5, 5.41) is 18.9. The first-order valence-electron chi connectivity index (χ1n) is 9.21. The number of aryl methyl sites for hydroxylation is 2. The van der Waals surface area contributed by atoms with E-state index in [1.807, 2.05) is 6.07 Å². The van der Waals surface area contributed by atoms with Gasteiger partial charge in [-0.2, -0.15) is 0 Å².